The van der Waals surface area contributed by atoms with Gasteiger partial charge in [-0.15, -0.1) is 11.3 Å². The van der Waals surface area contributed by atoms with Crippen LogP contribution in [0.5, 0.6) is 0 Å². The van der Waals surface area contributed by atoms with Gasteiger partial charge in [0, 0.05) is 24.0 Å². The number of thiophene rings is 1. The van der Waals surface area contributed by atoms with Gasteiger partial charge >= 0.3 is 0 Å². The lowest BCUT2D eigenvalue weighted by molar-refractivity contribution is -0.0610. The van der Waals surface area contributed by atoms with Gasteiger partial charge in [0.05, 0.1) is 18.8 Å². The van der Waals surface area contributed by atoms with Gasteiger partial charge < -0.3 is 10.1 Å². The Morgan fingerprint density at radius 3 is 2.94 bits per heavy atom. The molecule has 2 heterocycles. The first-order chi connectivity index (χ1) is 8.59. The van der Waals surface area contributed by atoms with Crippen molar-refractivity contribution >= 4 is 11.3 Å². The molecule has 1 fully saturated rings. The molecule has 1 aromatic heterocycles. The summed E-state index contributed by atoms with van der Waals surface area (Å²) in [5.41, 5.74) is 1.39. The number of aryl methyl sites for hydroxylation is 1. The molecule has 0 radical (unpaired) electrons. The zero-order chi connectivity index (χ0) is 13.1. The first kappa shape index (κ1) is 14.0. The molecular formula is C14H24N2OS. The van der Waals surface area contributed by atoms with Crippen molar-refractivity contribution in [2.24, 2.45) is 0 Å². The minimum atomic E-state index is 0.253. The topological polar surface area (TPSA) is 24.5 Å². The number of nitrogens with one attached hydrogen (secondary N) is 1. The first-order valence-electron chi connectivity index (χ1n) is 6.69. The second-order valence-electron chi connectivity index (χ2n) is 5.37. The number of nitrogens with zero attached hydrogens (tertiary/aromatic N) is 1. The van der Waals surface area contributed by atoms with Crippen molar-refractivity contribution in [1.29, 1.82) is 0 Å². The van der Waals surface area contributed by atoms with Crippen LogP contribution in [0.4, 0.5) is 0 Å². The number of ether oxygens (including phenoxy) is 1. The molecule has 0 aromatic carbocycles. The van der Waals surface area contributed by atoms with Crippen LogP contribution in [0.1, 0.15) is 30.3 Å². The van der Waals surface area contributed by atoms with E-state index in [1.807, 2.05) is 11.3 Å². The number of likely N-dealkylation sites (N-methyl/N-ethyl adjacent to an activating group) is 1. The van der Waals surface area contributed by atoms with E-state index in [1.165, 1.54) is 10.4 Å². The largest absolute Gasteiger partial charge is 0.374 e. The fraction of sp³-hybridized carbons (Fsp3) is 0.714. The van der Waals surface area contributed by atoms with Gasteiger partial charge in [0.1, 0.15) is 0 Å². The minimum absolute atomic E-state index is 0.253. The Morgan fingerprint density at radius 2 is 2.33 bits per heavy atom. The van der Waals surface area contributed by atoms with E-state index in [2.05, 4.69) is 49.5 Å². The van der Waals surface area contributed by atoms with Gasteiger partial charge in [0.25, 0.3) is 0 Å². The molecule has 1 N–H and O–H groups in total. The molecule has 0 spiro atoms. The van der Waals surface area contributed by atoms with Crippen LogP contribution in [0.3, 0.4) is 0 Å². The Balaban J connectivity index is 2.13. The molecule has 0 aliphatic carbocycles. The second-order valence-corrected chi connectivity index (χ2v) is 6.31. The number of rotatable bonds is 4. The molecule has 1 aliphatic heterocycles. The van der Waals surface area contributed by atoms with Crippen LogP contribution in [-0.2, 0) is 4.74 Å². The third kappa shape index (κ3) is 3.12. The van der Waals surface area contributed by atoms with E-state index >= 15 is 0 Å². The third-order valence-corrected chi connectivity index (χ3v) is 4.59. The van der Waals surface area contributed by atoms with E-state index in [9.17, 15) is 0 Å². The summed E-state index contributed by atoms with van der Waals surface area (Å²) in [4.78, 5) is 3.88. The van der Waals surface area contributed by atoms with Crippen LogP contribution in [-0.4, -0.2) is 43.8 Å². The van der Waals surface area contributed by atoms with Gasteiger partial charge in [0.2, 0.25) is 0 Å². The summed E-state index contributed by atoms with van der Waals surface area (Å²) in [6.45, 7) is 9.32. The lowest BCUT2D eigenvalue weighted by Crippen LogP contribution is -2.48. The normalized spacial score (nSPS) is 25.8. The van der Waals surface area contributed by atoms with Crippen LogP contribution < -0.4 is 5.32 Å². The minimum Gasteiger partial charge on any atom is -0.374 e. The summed E-state index contributed by atoms with van der Waals surface area (Å²) in [6.07, 6.45) is 0.253. The molecule has 1 aromatic rings. The molecule has 2 atom stereocenters. The zero-order valence-corrected chi connectivity index (χ0v) is 12.6. The molecule has 0 amide bonds. The Morgan fingerprint density at radius 1 is 1.56 bits per heavy atom. The SMILES string of the molecule is Cc1ccsc1C1C(CNC(C)C)OCCN1C. The van der Waals surface area contributed by atoms with Gasteiger partial charge in [-0.25, -0.2) is 0 Å². The van der Waals surface area contributed by atoms with Gasteiger partial charge in [-0.1, -0.05) is 13.8 Å². The van der Waals surface area contributed by atoms with Crippen molar-refractivity contribution < 1.29 is 4.74 Å². The van der Waals surface area contributed by atoms with E-state index in [1.54, 1.807) is 0 Å². The maximum absolute atomic E-state index is 5.99. The Hall–Kier alpha value is -0.420. The predicted octanol–water partition coefficient (Wildman–Crippen LogP) is 2.43. The molecule has 102 valence electrons. The summed E-state index contributed by atoms with van der Waals surface area (Å²) in [7, 11) is 2.20. The van der Waals surface area contributed by atoms with Gasteiger partial charge in [-0.05, 0) is 31.0 Å². The van der Waals surface area contributed by atoms with Crippen LogP contribution in [0.25, 0.3) is 0 Å². The van der Waals surface area contributed by atoms with Crippen molar-refractivity contribution in [3.05, 3.63) is 21.9 Å². The van der Waals surface area contributed by atoms with Crippen molar-refractivity contribution in [3.63, 3.8) is 0 Å². The molecule has 0 saturated carbocycles. The van der Waals surface area contributed by atoms with Crippen molar-refractivity contribution in [1.82, 2.24) is 10.2 Å². The second kappa shape index (κ2) is 6.15. The first-order valence-corrected chi connectivity index (χ1v) is 7.56. The van der Waals surface area contributed by atoms with Crippen molar-refractivity contribution in [3.8, 4) is 0 Å². The molecule has 1 aliphatic rings. The maximum Gasteiger partial charge on any atom is 0.0904 e. The van der Waals surface area contributed by atoms with Crippen LogP contribution >= 0.6 is 11.3 Å². The van der Waals surface area contributed by atoms with Gasteiger partial charge in [-0.2, -0.15) is 0 Å². The lowest BCUT2D eigenvalue weighted by Gasteiger charge is -2.39. The summed E-state index contributed by atoms with van der Waals surface area (Å²) < 4.78 is 5.99. The highest BCUT2D eigenvalue weighted by atomic mass is 32.1. The number of hydrogen-bond donors (Lipinski definition) is 1. The third-order valence-electron chi connectivity index (χ3n) is 3.50. The molecule has 4 heteroatoms. The molecule has 3 nitrogen and oxygen atoms in total. The van der Waals surface area contributed by atoms with E-state index in [0.29, 0.717) is 12.1 Å². The Bertz CT molecular complexity index is 378. The Labute approximate surface area is 114 Å². The van der Waals surface area contributed by atoms with Crippen LogP contribution in [0, 0.1) is 6.92 Å². The molecule has 18 heavy (non-hydrogen) atoms. The van der Waals surface area contributed by atoms with E-state index in [0.717, 1.165) is 19.7 Å². The summed E-state index contributed by atoms with van der Waals surface area (Å²) in [6, 6.07) is 3.10. The standard InChI is InChI=1S/C14H24N2OS/c1-10(2)15-9-12-13(16(4)6-7-17-12)14-11(3)5-8-18-14/h5,8,10,12-13,15H,6-7,9H2,1-4H3. The maximum atomic E-state index is 5.99. The lowest BCUT2D eigenvalue weighted by atomic mass is 10.0. The van der Waals surface area contributed by atoms with Crippen LogP contribution in [0.2, 0.25) is 0 Å². The highest BCUT2D eigenvalue weighted by molar-refractivity contribution is 7.10. The van der Waals surface area contributed by atoms with Crippen molar-refractivity contribution in [2.45, 2.75) is 39.0 Å². The van der Waals surface area contributed by atoms with Gasteiger partial charge in [0.15, 0.2) is 0 Å². The average molecular weight is 268 g/mol. The fourth-order valence-electron chi connectivity index (χ4n) is 2.44. The molecule has 2 unspecified atom stereocenters. The molecule has 1 saturated heterocycles. The summed E-state index contributed by atoms with van der Waals surface area (Å²) >= 11 is 1.85. The zero-order valence-electron chi connectivity index (χ0n) is 11.8. The number of hydrogen-bond acceptors (Lipinski definition) is 4. The monoisotopic (exact) mass is 268 g/mol. The highest BCUT2D eigenvalue weighted by Gasteiger charge is 2.32. The van der Waals surface area contributed by atoms with E-state index in [-0.39, 0.29) is 6.10 Å². The quantitative estimate of drug-likeness (QED) is 0.907. The van der Waals surface area contributed by atoms with E-state index < -0.39 is 0 Å². The summed E-state index contributed by atoms with van der Waals surface area (Å²) in [5, 5.41) is 5.68. The predicted molar refractivity (Wildman–Crippen MR) is 77.3 cm³/mol. The van der Waals surface area contributed by atoms with Crippen LogP contribution in [0.15, 0.2) is 11.4 Å². The average Bonchev–Trinajstić information content (AvgIpc) is 2.72. The summed E-state index contributed by atoms with van der Waals surface area (Å²) in [5.74, 6) is 0. The molecule has 0 bridgehead atoms. The number of morpholine rings is 1. The molecular weight excluding hydrogens is 244 g/mol. The molecule has 2 rings (SSSR count). The fourth-order valence-corrected chi connectivity index (χ4v) is 3.58. The smallest absolute Gasteiger partial charge is 0.0904 e. The Kier molecular flexibility index (Phi) is 4.78. The van der Waals surface area contributed by atoms with E-state index in [4.69, 9.17) is 4.74 Å². The van der Waals surface area contributed by atoms with Gasteiger partial charge in [-0.3, -0.25) is 4.90 Å². The highest BCUT2D eigenvalue weighted by Crippen LogP contribution is 2.33. The van der Waals surface area contributed by atoms with Crippen molar-refractivity contribution in [2.75, 3.05) is 26.7 Å².